The summed E-state index contributed by atoms with van der Waals surface area (Å²) in [4.78, 5) is 14.7. The van der Waals surface area contributed by atoms with Crippen LogP contribution in [0.15, 0.2) is 48.5 Å². The molecule has 8 heteroatoms. The van der Waals surface area contributed by atoms with Gasteiger partial charge in [0, 0.05) is 55.4 Å². The zero-order valence-electron chi connectivity index (χ0n) is 19.3. The Kier molecular flexibility index (Phi) is 7.93. The van der Waals surface area contributed by atoms with Gasteiger partial charge in [-0.1, -0.05) is 0 Å². The third-order valence-electron chi connectivity index (χ3n) is 5.52. The van der Waals surface area contributed by atoms with Crippen molar-refractivity contribution in [3.8, 4) is 0 Å². The van der Waals surface area contributed by atoms with E-state index in [2.05, 4.69) is 35.8 Å². The Labute approximate surface area is 190 Å². The summed E-state index contributed by atoms with van der Waals surface area (Å²) in [5.74, 6) is 0. The van der Waals surface area contributed by atoms with Crippen LogP contribution in [-0.2, 0) is 9.47 Å². The summed E-state index contributed by atoms with van der Waals surface area (Å²) in [6.07, 6.45) is 0.973. The molecule has 0 saturated carbocycles. The molecule has 2 aromatic carbocycles. The molecule has 2 saturated heterocycles. The van der Waals surface area contributed by atoms with E-state index in [1.807, 2.05) is 26.0 Å². The number of ether oxygens (including phenoxy) is 2. The fourth-order valence-corrected chi connectivity index (χ4v) is 4.25. The predicted octanol–water partition coefficient (Wildman–Crippen LogP) is 4.09. The van der Waals surface area contributed by atoms with Crippen LogP contribution >= 0.6 is 0 Å². The Morgan fingerprint density at radius 2 is 1.09 bits per heavy atom. The van der Waals surface area contributed by atoms with E-state index >= 15 is 0 Å². The molecule has 174 valence electrons. The van der Waals surface area contributed by atoms with Gasteiger partial charge in [0.1, 0.15) is 0 Å². The lowest BCUT2D eigenvalue weighted by Gasteiger charge is -2.36. The molecule has 2 aliphatic heterocycles. The number of nitrogen functional groups attached to an aromatic ring is 1. The molecule has 32 heavy (non-hydrogen) atoms. The molecule has 2 heterocycles. The standard InChI is InChI=1S/C12H16N2O3.C12H18N2O/c1-9-7-13(8-10(2)17-9)11-3-5-12(6-4-11)14(15)16;1-9-7-14(8-10(2)15-9)12-5-3-11(13)4-6-12/h3-6,9-10H,7-8H2,1-2H3;3-6,9-10H,7-8,13H2,1-2H3/t2*9-,10+. The van der Waals surface area contributed by atoms with Crippen LogP contribution in [-0.4, -0.2) is 55.5 Å². The van der Waals surface area contributed by atoms with Gasteiger partial charge in [-0.05, 0) is 64.1 Å². The van der Waals surface area contributed by atoms with Crippen molar-refractivity contribution < 1.29 is 14.4 Å². The molecule has 0 radical (unpaired) electrons. The molecule has 4 rings (SSSR count). The maximum atomic E-state index is 10.6. The third-order valence-corrected chi connectivity index (χ3v) is 5.52. The molecule has 0 aliphatic carbocycles. The number of morpholine rings is 2. The van der Waals surface area contributed by atoms with Crippen LogP contribution in [0.1, 0.15) is 27.7 Å². The van der Waals surface area contributed by atoms with Gasteiger partial charge in [0.05, 0.1) is 29.3 Å². The van der Waals surface area contributed by atoms with E-state index in [1.165, 1.54) is 5.69 Å². The van der Waals surface area contributed by atoms with Crippen LogP contribution in [0.3, 0.4) is 0 Å². The van der Waals surface area contributed by atoms with Crippen molar-refractivity contribution >= 4 is 22.7 Å². The van der Waals surface area contributed by atoms with Crippen LogP contribution in [0, 0.1) is 10.1 Å². The van der Waals surface area contributed by atoms with Crippen molar-refractivity contribution in [1.29, 1.82) is 0 Å². The number of anilines is 3. The van der Waals surface area contributed by atoms with Gasteiger partial charge in [-0.2, -0.15) is 0 Å². The molecule has 0 spiro atoms. The molecule has 0 bridgehead atoms. The Hall–Kier alpha value is -2.84. The van der Waals surface area contributed by atoms with Crippen LogP contribution in [0.25, 0.3) is 0 Å². The highest BCUT2D eigenvalue weighted by molar-refractivity contribution is 5.53. The first kappa shape index (κ1) is 23.8. The van der Waals surface area contributed by atoms with E-state index in [0.717, 1.165) is 37.6 Å². The first-order chi connectivity index (χ1) is 15.2. The summed E-state index contributed by atoms with van der Waals surface area (Å²) in [7, 11) is 0. The minimum Gasteiger partial charge on any atom is -0.399 e. The molecule has 0 aromatic heterocycles. The van der Waals surface area contributed by atoms with Crippen LogP contribution < -0.4 is 15.5 Å². The number of nitrogens with zero attached hydrogens (tertiary/aromatic N) is 3. The number of nitrogens with two attached hydrogens (primary N) is 1. The van der Waals surface area contributed by atoms with Crippen molar-refractivity contribution in [2.24, 2.45) is 0 Å². The highest BCUT2D eigenvalue weighted by Gasteiger charge is 2.23. The first-order valence-corrected chi connectivity index (χ1v) is 11.1. The maximum Gasteiger partial charge on any atom is 0.269 e. The van der Waals surface area contributed by atoms with Crippen LogP contribution in [0.4, 0.5) is 22.7 Å². The molecule has 4 atom stereocenters. The minimum absolute atomic E-state index is 0.128. The van der Waals surface area contributed by atoms with Crippen LogP contribution in [0.5, 0.6) is 0 Å². The number of nitro benzene ring substituents is 1. The van der Waals surface area contributed by atoms with Crippen molar-refractivity contribution in [1.82, 2.24) is 0 Å². The molecular formula is C24H34N4O4. The quantitative estimate of drug-likeness (QED) is 0.435. The van der Waals surface area contributed by atoms with Crippen molar-refractivity contribution in [2.45, 2.75) is 52.1 Å². The number of non-ortho nitro benzene ring substituents is 1. The fraction of sp³-hybridized carbons (Fsp3) is 0.500. The Bertz CT molecular complexity index is 855. The molecule has 8 nitrogen and oxygen atoms in total. The Morgan fingerprint density at radius 3 is 1.44 bits per heavy atom. The average molecular weight is 443 g/mol. The zero-order valence-corrected chi connectivity index (χ0v) is 19.3. The molecule has 2 aromatic rings. The molecule has 2 fully saturated rings. The fourth-order valence-electron chi connectivity index (χ4n) is 4.25. The number of hydrogen-bond acceptors (Lipinski definition) is 7. The predicted molar refractivity (Wildman–Crippen MR) is 128 cm³/mol. The highest BCUT2D eigenvalue weighted by atomic mass is 16.6. The molecule has 0 amide bonds. The second kappa shape index (κ2) is 10.7. The molecular weight excluding hydrogens is 408 g/mol. The van der Waals surface area contributed by atoms with Crippen molar-refractivity contribution in [2.75, 3.05) is 41.7 Å². The normalized spacial score (nSPS) is 25.6. The highest BCUT2D eigenvalue weighted by Crippen LogP contribution is 2.23. The van der Waals surface area contributed by atoms with E-state index in [-0.39, 0.29) is 22.8 Å². The summed E-state index contributed by atoms with van der Waals surface area (Å²) in [5, 5.41) is 10.6. The van der Waals surface area contributed by atoms with Crippen molar-refractivity contribution in [3.63, 3.8) is 0 Å². The van der Waals surface area contributed by atoms with Gasteiger partial charge in [-0.25, -0.2) is 0 Å². The van der Waals surface area contributed by atoms with E-state index in [0.29, 0.717) is 12.2 Å². The van der Waals surface area contributed by atoms with Gasteiger partial charge in [0.2, 0.25) is 0 Å². The van der Waals surface area contributed by atoms with Crippen LogP contribution in [0.2, 0.25) is 0 Å². The number of rotatable bonds is 3. The topological polar surface area (TPSA) is 94.1 Å². The van der Waals surface area contributed by atoms with Gasteiger partial charge in [0.25, 0.3) is 5.69 Å². The summed E-state index contributed by atoms with van der Waals surface area (Å²) >= 11 is 0. The van der Waals surface area contributed by atoms with E-state index in [4.69, 9.17) is 15.2 Å². The number of nitro groups is 1. The zero-order chi connectivity index (χ0) is 23.3. The van der Waals surface area contributed by atoms with Gasteiger partial charge in [0.15, 0.2) is 0 Å². The Morgan fingerprint density at radius 1 is 0.750 bits per heavy atom. The summed E-state index contributed by atoms with van der Waals surface area (Å²) in [6, 6.07) is 14.7. The second-order valence-electron chi connectivity index (χ2n) is 8.69. The van der Waals surface area contributed by atoms with E-state index in [9.17, 15) is 10.1 Å². The molecule has 2 N–H and O–H groups in total. The second-order valence-corrected chi connectivity index (χ2v) is 8.69. The molecule has 2 aliphatic rings. The van der Waals surface area contributed by atoms with Crippen molar-refractivity contribution in [3.05, 3.63) is 58.6 Å². The van der Waals surface area contributed by atoms with Gasteiger partial charge in [-0.15, -0.1) is 0 Å². The molecule has 0 unspecified atom stereocenters. The summed E-state index contributed by atoms with van der Waals surface area (Å²) < 4.78 is 11.3. The summed E-state index contributed by atoms with van der Waals surface area (Å²) in [5.41, 5.74) is 8.85. The maximum absolute atomic E-state index is 10.6. The number of benzene rings is 2. The van der Waals surface area contributed by atoms with Gasteiger partial charge >= 0.3 is 0 Å². The smallest absolute Gasteiger partial charge is 0.269 e. The van der Waals surface area contributed by atoms with Gasteiger partial charge < -0.3 is 25.0 Å². The number of hydrogen-bond donors (Lipinski definition) is 1. The largest absolute Gasteiger partial charge is 0.399 e. The lowest BCUT2D eigenvalue weighted by Crippen LogP contribution is -2.45. The Balaban J connectivity index is 0.000000182. The summed E-state index contributed by atoms with van der Waals surface area (Å²) in [6.45, 7) is 11.8. The average Bonchev–Trinajstić information content (AvgIpc) is 2.73. The third kappa shape index (κ3) is 6.58. The van der Waals surface area contributed by atoms with E-state index in [1.54, 1.807) is 24.3 Å². The lowest BCUT2D eigenvalue weighted by atomic mass is 10.2. The monoisotopic (exact) mass is 442 g/mol. The van der Waals surface area contributed by atoms with Gasteiger partial charge in [-0.3, -0.25) is 10.1 Å². The first-order valence-electron chi connectivity index (χ1n) is 11.1. The minimum atomic E-state index is -0.381. The van der Waals surface area contributed by atoms with E-state index < -0.39 is 0 Å². The lowest BCUT2D eigenvalue weighted by molar-refractivity contribution is -0.384. The SMILES string of the molecule is C[C@@H]1CN(c2ccc(N)cc2)C[C@H](C)O1.C[C@@H]1CN(c2ccc([N+](=O)[O-])cc2)C[C@H](C)O1.